The Kier molecular flexibility index (Phi) is 2.11. The van der Waals surface area contributed by atoms with Gasteiger partial charge in [-0.2, -0.15) is 0 Å². The number of carbonyl (C=O) groups is 2. The minimum atomic E-state index is -1.37. The third kappa shape index (κ3) is 0.943. The summed E-state index contributed by atoms with van der Waals surface area (Å²) in [5, 5.41) is 0.399. The third-order valence-corrected chi connectivity index (χ3v) is 5.57. The zero-order chi connectivity index (χ0) is 11.8. The predicted molar refractivity (Wildman–Crippen MR) is 61.7 cm³/mol. The summed E-state index contributed by atoms with van der Waals surface area (Å²) in [6.07, 6.45) is 1.54. The monoisotopic (exact) mass is 296 g/mol. The Morgan fingerprint density at radius 1 is 1.19 bits per heavy atom. The molecule has 4 atom stereocenters. The number of rotatable bonds is 0. The highest BCUT2D eigenvalue weighted by atomic mass is 35.5. The first-order valence-corrected chi connectivity index (χ1v) is 6.12. The van der Waals surface area contributed by atoms with Gasteiger partial charge in [-0.3, -0.25) is 9.59 Å². The van der Waals surface area contributed by atoms with Crippen LogP contribution < -0.4 is 0 Å². The number of halogens is 4. The topological polar surface area (TPSA) is 34.1 Å². The van der Waals surface area contributed by atoms with Crippen LogP contribution in [0.25, 0.3) is 0 Å². The Labute approximate surface area is 111 Å². The van der Waals surface area contributed by atoms with Crippen LogP contribution in [0.1, 0.15) is 0 Å². The van der Waals surface area contributed by atoms with Gasteiger partial charge in [0.25, 0.3) is 0 Å². The average molecular weight is 298 g/mol. The quantitative estimate of drug-likeness (QED) is 0.644. The molecule has 0 unspecified atom stereocenters. The summed E-state index contributed by atoms with van der Waals surface area (Å²) in [7, 11) is 0. The molecule has 0 spiro atoms. The van der Waals surface area contributed by atoms with E-state index in [2.05, 4.69) is 0 Å². The second-order valence-corrected chi connectivity index (χ2v) is 5.93. The van der Waals surface area contributed by atoms with Gasteiger partial charge in [0.15, 0.2) is 11.6 Å². The van der Waals surface area contributed by atoms with E-state index in [4.69, 9.17) is 46.4 Å². The fourth-order valence-corrected chi connectivity index (χ4v) is 4.26. The molecule has 0 N–H and O–H groups in total. The largest absolute Gasteiger partial charge is 0.297 e. The van der Waals surface area contributed by atoms with Crippen molar-refractivity contribution < 1.29 is 9.59 Å². The number of carbonyl (C=O) groups excluding carboxylic acids is 2. The highest BCUT2D eigenvalue weighted by Gasteiger charge is 2.70. The molecule has 0 saturated heterocycles. The maximum atomic E-state index is 12.0. The number of fused-ring (bicyclic) bond motifs is 5. The Bertz CT molecular complexity index is 507. The molecule has 0 aromatic heterocycles. The van der Waals surface area contributed by atoms with E-state index in [1.165, 1.54) is 6.08 Å². The molecule has 0 aromatic carbocycles. The van der Waals surface area contributed by atoms with Crippen LogP contribution in [0.5, 0.6) is 0 Å². The zero-order valence-electron chi connectivity index (χ0n) is 7.64. The van der Waals surface area contributed by atoms with Crippen molar-refractivity contribution in [2.45, 2.75) is 4.87 Å². The van der Waals surface area contributed by atoms with E-state index in [9.17, 15) is 9.59 Å². The molecule has 0 aliphatic heterocycles. The molecule has 3 rings (SSSR count). The first-order valence-electron chi connectivity index (χ1n) is 4.61. The molecular formula is C10H4Cl4O2. The van der Waals surface area contributed by atoms with E-state index >= 15 is 0 Å². The van der Waals surface area contributed by atoms with Crippen molar-refractivity contribution in [2.75, 3.05) is 0 Å². The van der Waals surface area contributed by atoms with Gasteiger partial charge in [-0.05, 0) is 0 Å². The molecule has 3 aliphatic carbocycles. The van der Waals surface area contributed by atoms with Crippen LogP contribution in [0.15, 0.2) is 21.2 Å². The van der Waals surface area contributed by atoms with Crippen molar-refractivity contribution in [1.29, 1.82) is 0 Å². The first kappa shape index (κ1) is 11.1. The van der Waals surface area contributed by atoms with Crippen LogP contribution in [0.3, 0.4) is 0 Å². The minimum absolute atomic E-state index is 0.0149. The summed E-state index contributed by atoms with van der Waals surface area (Å²) in [6, 6.07) is 0. The van der Waals surface area contributed by atoms with Crippen molar-refractivity contribution in [3.8, 4) is 0 Å². The van der Waals surface area contributed by atoms with E-state index in [1.54, 1.807) is 0 Å². The fraction of sp³-hybridized carbons (Fsp3) is 0.400. The van der Waals surface area contributed by atoms with Gasteiger partial charge in [-0.15, -0.1) is 11.6 Å². The molecular weight excluding hydrogens is 294 g/mol. The van der Waals surface area contributed by atoms with Crippen LogP contribution in [-0.2, 0) is 9.59 Å². The van der Waals surface area contributed by atoms with Crippen LogP contribution in [-0.4, -0.2) is 16.4 Å². The molecule has 0 amide bonds. The molecule has 1 saturated carbocycles. The Morgan fingerprint density at radius 3 is 2.44 bits per heavy atom. The van der Waals surface area contributed by atoms with Crippen molar-refractivity contribution >= 4 is 58.0 Å². The molecule has 2 nitrogen and oxygen atoms in total. The highest BCUT2D eigenvalue weighted by molar-refractivity contribution is 6.55. The number of allylic oxidation sites excluding steroid dienone is 4. The van der Waals surface area contributed by atoms with Crippen LogP contribution in [0.4, 0.5) is 0 Å². The summed E-state index contributed by atoms with van der Waals surface area (Å²) in [5.41, 5.74) is 0. The van der Waals surface area contributed by atoms with Gasteiger partial charge < -0.3 is 0 Å². The molecule has 84 valence electrons. The third-order valence-electron chi connectivity index (χ3n) is 3.51. The van der Waals surface area contributed by atoms with Gasteiger partial charge in [-0.25, -0.2) is 0 Å². The van der Waals surface area contributed by atoms with Crippen molar-refractivity contribution in [3.05, 3.63) is 21.2 Å². The Hall–Kier alpha value is -0.0200. The summed E-state index contributed by atoms with van der Waals surface area (Å²) in [5.74, 6) is -2.28. The first-order chi connectivity index (χ1) is 7.40. The highest BCUT2D eigenvalue weighted by Crippen LogP contribution is 2.63. The van der Waals surface area contributed by atoms with Gasteiger partial charge in [0.1, 0.15) is 4.87 Å². The van der Waals surface area contributed by atoms with E-state index in [1.807, 2.05) is 0 Å². The smallest absolute Gasteiger partial charge is 0.180 e. The summed E-state index contributed by atoms with van der Waals surface area (Å²) < 4.78 is 0. The lowest BCUT2D eigenvalue weighted by molar-refractivity contribution is -0.124. The number of Topliss-reactive ketones (excluding diaryl/α,β-unsaturated/α-hetero) is 2. The number of hydrogen-bond acceptors (Lipinski definition) is 2. The molecule has 6 heteroatoms. The lowest BCUT2D eigenvalue weighted by atomic mass is 9.84. The Balaban J connectivity index is 2.24. The normalized spacial score (nSPS) is 45.5. The molecule has 1 fully saturated rings. The maximum Gasteiger partial charge on any atom is 0.180 e. The summed E-state index contributed by atoms with van der Waals surface area (Å²) in [4.78, 5) is 22.4. The van der Waals surface area contributed by atoms with Gasteiger partial charge in [0.2, 0.25) is 0 Å². The van der Waals surface area contributed by atoms with E-state index in [-0.39, 0.29) is 26.7 Å². The number of alkyl halides is 1. The average Bonchev–Trinajstić information content (AvgIpc) is 2.69. The summed E-state index contributed by atoms with van der Waals surface area (Å²) in [6.45, 7) is 0. The molecule has 16 heavy (non-hydrogen) atoms. The van der Waals surface area contributed by atoms with E-state index in [0.29, 0.717) is 0 Å². The summed E-state index contributed by atoms with van der Waals surface area (Å²) >= 11 is 24.0. The van der Waals surface area contributed by atoms with Crippen LogP contribution in [0.2, 0.25) is 0 Å². The van der Waals surface area contributed by atoms with Crippen LogP contribution >= 0.6 is 46.4 Å². The predicted octanol–water partition coefficient (Wildman–Crippen LogP) is 2.80. The molecule has 0 radical (unpaired) electrons. The Morgan fingerprint density at radius 2 is 1.81 bits per heavy atom. The number of hydrogen-bond donors (Lipinski definition) is 0. The van der Waals surface area contributed by atoms with Gasteiger partial charge in [0.05, 0.1) is 11.0 Å². The van der Waals surface area contributed by atoms with Crippen molar-refractivity contribution in [3.63, 3.8) is 0 Å². The van der Waals surface area contributed by atoms with E-state index in [0.717, 1.165) is 0 Å². The van der Waals surface area contributed by atoms with Crippen molar-refractivity contribution in [1.82, 2.24) is 0 Å². The minimum Gasteiger partial charge on any atom is -0.297 e. The lowest BCUT2D eigenvalue weighted by Gasteiger charge is -2.26. The molecule has 0 heterocycles. The van der Waals surface area contributed by atoms with Gasteiger partial charge >= 0.3 is 0 Å². The second kappa shape index (κ2) is 3.05. The molecule has 3 aliphatic rings. The maximum absolute atomic E-state index is 12.0. The number of ketones is 2. The van der Waals surface area contributed by atoms with Crippen LogP contribution in [0, 0.1) is 17.8 Å². The lowest BCUT2D eigenvalue weighted by Crippen LogP contribution is -2.34. The van der Waals surface area contributed by atoms with Gasteiger partial charge in [0, 0.05) is 21.9 Å². The zero-order valence-corrected chi connectivity index (χ0v) is 10.7. The second-order valence-electron chi connectivity index (χ2n) is 4.15. The van der Waals surface area contributed by atoms with Gasteiger partial charge in [-0.1, -0.05) is 40.9 Å². The SMILES string of the molecule is O=C1C(Cl)=C(Cl)[C@H]2[C@H]1[C@H]1C=C(Cl)[C@]2(Cl)C1=O. The van der Waals surface area contributed by atoms with Crippen molar-refractivity contribution in [2.24, 2.45) is 17.8 Å². The standard InChI is InChI=1S/C10H4Cl4O2/c11-3-1-2-4-5(10(3,14)9(2)16)6(12)7(13)8(4)15/h1-2,4-5H/t2-,4-,5-,10-/m1/s1. The fourth-order valence-electron chi connectivity index (χ4n) is 2.79. The van der Waals surface area contributed by atoms with E-state index < -0.39 is 22.6 Å². The molecule has 2 bridgehead atoms. The molecule has 0 aromatic rings.